The van der Waals surface area contributed by atoms with Gasteiger partial charge in [0.05, 0.1) is 7.11 Å². The monoisotopic (exact) mass is 460 g/mol. The Kier molecular flexibility index (Phi) is 6.75. The van der Waals surface area contributed by atoms with E-state index in [1.807, 2.05) is 19.1 Å². The molecule has 3 rings (SSSR count). The standard InChI is InChI=1S/C21H15F3N4O3S/c1-12-3-6-15(7-4-12)31-16-8-5-13(10-17(16)30-2)9-14(11-25)18(29)26-20-28-27-19(32-20)21(22,23)24/h3-10H,1-2H3,(H,26,28,29). The minimum atomic E-state index is -4.67. The van der Waals surface area contributed by atoms with Crippen molar-refractivity contribution in [3.8, 4) is 23.3 Å². The Labute approximate surface area is 184 Å². The van der Waals surface area contributed by atoms with Crippen molar-refractivity contribution in [2.24, 2.45) is 0 Å². The van der Waals surface area contributed by atoms with Crippen LogP contribution in [0.3, 0.4) is 0 Å². The Bertz CT molecular complexity index is 1200. The molecule has 1 N–H and O–H groups in total. The molecule has 0 aliphatic carbocycles. The highest BCUT2D eigenvalue weighted by atomic mass is 32.1. The molecule has 1 amide bonds. The number of hydrogen-bond acceptors (Lipinski definition) is 7. The Morgan fingerprint density at radius 2 is 1.88 bits per heavy atom. The Morgan fingerprint density at radius 1 is 1.16 bits per heavy atom. The average Bonchev–Trinajstić information content (AvgIpc) is 3.23. The maximum Gasteiger partial charge on any atom is 0.445 e. The van der Waals surface area contributed by atoms with Crippen LogP contribution in [0.2, 0.25) is 0 Å². The molecule has 7 nitrogen and oxygen atoms in total. The van der Waals surface area contributed by atoms with Gasteiger partial charge in [-0.2, -0.15) is 18.4 Å². The molecule has 0 fully saturated rings. The SMILES string of the molecule is COc1cc(C=C(C#N)C(=O)Nc2nnc(C(F)(F)F)s2)ccc1Oc1ccc(C)cc1. The molecule has 0 aliphatic rings. The van der Waals surface area contributed by atoms with Gasteiger partial charge in [-0.25, -0.2) is 0 Å². The van der Waals surface area contributed by atoms with E-state index >= 15 is 0 Å². The number of alkyl halides is 3. The zero-order chi connectivity index (χ0) is 23.3. The lowest BCUT2D eigenvalue weighted by atomic mass is 10.1. The van der Waals surface area contributed by atoms with E-state index < -0.39 is 17.1 Å². The summed E-state index contributed by atoms with van der Waals surface area (Å²) < 4.78 is 49.0. The molecule has 2 aromatic carbocycles. The zero-order valence-electron chi connectivity index (χ0n) is 16.7. The minimum absolute atomic E-state index is 0.160. The average molecular weight is 460 g/mol. The summed E-state index contributed by atoms with van der Waals surface area (Å²) in [6.07, 6.45) is -3.41. The fourth-order valence-electron chi connectivity index (χ4n) is 2.46. The van der Waals surface area contributed by atoms with E-state index in [1.54, 1.807) is 36.4 Å². The largest absolute Gasteiger partial charge is 0.493 e. The molecule has 0 bridgehead atoms. The topological polar surface area (TPSA) is 97.1 Å². The number of hydrogen-bond donors (Lipinski definition) is 1. The molecule has 0 saturated carbocycles. The van der Waals surface area contributed by atoms with Crippen LogP contribution in [0.25, 0.3) is 6.08 Å². The summed E-state index contributed by atoms with van der Waals surface area (Å²) in [5.74, 6) is 0.460. The second kappa shape index (κ2) is 9.49. The highest BCUT2D eigenvalue weighted by Crippen LogP contribution is 2.34. The van der Waals surface area contributed by atoms with E-state index in [1.165, 1.54) is 13.2 Å². The van der Waals surface area contributed by atoms with Crippen molar-refractivity contribution >= 4 is 28.5 Å². The van der Waals surface area contributed by atoms with Crippen molar-refractivity contribution in [1.82, 2.24) is 10.2 Å². The van der Waals surface area contributed by atoms with Crippen molar-refractivity contribution < 1.29 is 27.4 Å². The molecule has 0 saturated heterocycles. The number of aromatic nitrogens is 2. The third kappa shape index (κ3) is 5.61. The number of carbonyl (C=O) groups is 1. The molecule has 0 radical (unpaired) electrons. The number of anilines is 1. The van der Waals surface area contributed by atoms with Crippen molar-refractivity contribution in [2.45, 2.75) is 13.1 Å². The molecular formula is C21H15F3N4O3S. The quantitative estimate of drug-likeness (QED) is 0.401. The third-order valence-electron chi connectivity index (χ3n) is 4.00. The summed E-state index contributed by atoms with van der Waals surface area (Å²) in [5.41, 5.74) is 1.18. The summed E-state index contributed by atoms with van der Waals surface area (Å²) in [7, 11) is 1.44. The van der Waals surface area contributed by atoms with Crippen LogP contribution in [0.5, 0.6) is 17.2 Å². The number of amides is 1. The number of carbonyl (C=O) groups excluding carboxylic acids is 1. The van der Waals surface area contributed by atoms with Gasteiger partial charge in [0.15, 0.2) is 11.5 Å². The molecule has 3 aromatic rings. The van der Waals surface area contributed by atoms with E-state index in [4.69, 9.17) is 9.47 Å². The second-order valence-corrected chi connectivity index (χ2v) is 7.34. The maximum atomic E-state index is 12.6. The zero-order valence-corrected chi connectivity index (χ0v) is 17.5. The first-order valence-corrected chi connectivity index (χ1v) is 9.77. The molecule has 1 heterocycles. The number of halogens is 3. The molecule has 0 aliphatic heterocycles. The fraction of sp³-hybridized carbons (Fsp3) is 0.143. The van der Waals surface area contributed by atoms with Gasteiger partial charge in [-0.15, -0.1) is 10.2 Å². The number of methoxy groups -OCH3 is 1. The van der Waals surface area contributed by atoms with E-state index in [0.29, 0.717) is 22.8 Å². The fourth-order valence-corrected chi connectivity index (χ4v) is 3.07. The number of nitrogens with one attached hydrogen (secondary N) is 1. The van der Waals surface area contributed by atoms with Crippen molar-refractivity contribution in [2.75, 3.05) is 12.4 Å². The Hall–Kier alpha value is -3.91. The maximum absolute atomic E-state index is 12.6. The highest BCUT2D eigenvalue weighted by Gasteiger charge is 2.35. The van der Waals surface area contributed by atoms with Crippen LogP contribution in [0.15, 0.2) is 48.0 Å². The predicted octanol–water partition coefficient (Wildman–Crippen LogP) is 5.21. The lowest BCUT2D eigenvalue weighted by Gasteiger charge is -2.11. The van der Waals surface area contributed by atoms with E-state index in [9.17, 15) is 23.2 Å². The summed E-state index contributed by atoms with van der Waals surface area (Å²) in [4.78, 5) is 12.3. The number of aryl methyl sites for hydroxylation is 1. The highest BCUT2D eigenvalue weighted by molar-refractivity contribution is 7.15. The number of rotatable bonds is 6. The van der Waals surface area contributed by atoms with Gasteiger partial charge < -0.3 is 9.47 Å². The molecule has 0 spiro atoms. The molecular weight excluding hydrogens is 445 g/mol. The van der Waals surface area contributed by atoms with Gasteiger partial charge in [-0.1, -0.05) is 35.1 Å². The van der Waals surface area contributed by atoms with Gasteiger partial charge in [-0.3, -0.25) is 10.1 Å². The smallest absolute Gasteiger partial charge is 0.445 e. The first kappa shape index (κ1) is 22.8. The van der Waals surface area contributed by atoms with Crippen LogP contribution >= 0.6 is 11.3 Å². The summed E-state index contributed by atoms with van der Waals surface area (Å²) >= 11 is 0.160. The Morgan fingerprint density at radius 3 is 2.47 bits per heavy atom. The van der Waals surface area contributed by atoms with Crippen LogP contribution in [0.4, 0.5) is 18.3 Å². The van der Waals surface area contributed by atoms with Crippen LogP contribution in [0.1, 0.15) is 16.1 Å². The molecule has 0 atom stereocenters. The van der Waals surface area contributed by atoms with Crippen molar-refractivity contribution in [1.29, 1.82) is 5.26 Å². The lowest BCUT2D eigenvalue weighted by Crippen LogP contribution is -2.13. The summed E-state index contributed by atoms with van der Waals surface area (Å²) in [6, 6.07) is 13.9. The normalized spacial score (nSPS) is 11.6. The number of benzene rings is 2. The van der Waals surface area contributed by atoms with E-state index in [0.717, 1.165) is 5.56 Å². The molecule has 11 heteroatoms. The third-order valence-corrected chi connectivity index (χ3v) is 4.88. The van der Waals surface area contributed by atoms with Gasteiger partial charge >= 0.3 is 6.18 Å². The molecule has 0 unspecified atom stereocenters. The first-order valence-electron chi connectivity index (χ1n) is 8.96. The van der Waals surface area contributed by atoms with E-state index in [-0.39, 0.29) is 22.0 Å². The second-order valence-electron chi connectivity index (χ2n) is 6.36. The van der Waals surface area contributed by atoms with Crippen LogP contribution in [0, 0.1) is 18.3 Å². The Balaban J connectivity index is 1.78. The lowest BCUT2D eigenvalue weighted by molar-refractivity contribution is -0.138. The number of ether oxygens (including phenoxy) is 2. The number of nitriles is 1. The van der Waals surface area contributed by atoms with Gasteiger partial charge in [0.2, 0.25) is 10.1 Å². The van der Waals surface area contributed by atoms with Gasteiger partial charge in [0.1, 0.15) is 17.4 Å². The summed E-state index contributed by atoms with van der Waals surface area (Å²) in [5, 5.41) is 16.1. The van der Waals surface area contributed by atoms with Gasteiger partial charge in [-0.05, 0) is 42.8 Å². The van der Waals surface area contributed by atoms with Crippen LogP contribution in [-0.2, 0) is 11.0 Å². The van der Waals surface area contributed by atoms with Crippen LogP contribution in [-0.4, -0.2) is 23.2 Å². The van der Waals surface area contributed by atoms with Crippen molar-refractivity contribution in [3.05, 3.63) is 64.2 Å². The first-order chi connectivity index (χ1) is 15.2. The van der Waals surface area contributed by atoms with E-state index in [2.05, 4.69) is 15.5 Å². The molecule has 32 heavy (non-hydrogen) atoms. The molecule has 164 valence electrons. The predicted molar refractivity (Wildman–Crippen MR) is 111 cm³/mol. The summed E-state index contributed by atoms with van der Waals surface area (Å²) in [6.45, 7) is 1.95. The van der Waals surface area contributed by atoms with Crippen molar-refractivity contribution in [3.63, 3.8) is 0 Å². The van der Waals surface area contributed by atoms with Crippen LogP contribution < -0.4 is 14.8 Å². The molecule has 1 aromatic heterocycles. The van der Waals surface area contributed by atoms with Gasteiger partial charge in [0, 0.05) is 0 Å². The minimum Gasteiger partial charge on any atom is -0.493 e. The number of nitrogens with zero attached hydrogens (tertiary/aromatic N) is 3. The van der Waals surface area contributed by atoms with Gasteiger partial charge in [0.25, 0.3) is 5.91 Å².